The Kier molecular flexibility index (Phi) is 6.12. The lowest BCUT2D eigenvalue weighted by Gasteiger charge is -2.26. The predicted molar refractivity (Wildman–Crippen MR) is 97.1 cm³/mol. The van der Waals surface area contributed by atoms with Crippen LogP contribution in [0.5, 0.6) is 0 Å². The van der Waals surface area contributed by atoms with Gasteiger partial charge >= 0.3 is 0 Å². The molecular weight excluding hydrogens is 342 g/mol. The lowest BCUT2D eigenvalue weighted by molar-refractivity contribution is -0.384. The molecule has 0 bridgehead atoms. The van der Waals surface area contributed by atoms with Crippen molar-refractivity contribution in [2.24, 2.45) is 11.7 Å². The minimum absolute atomic E-state index is 0.0608. The number of benzene rings is 2. The van der Waals surface area contributed by atoms with Crippen LogP contribution in [0.4, 0.5) is 5.69 Å². The number of carbonyl (C=O) groups excluding carboxylic acids is 1. The largest absolute Gasteiger partial charge is 0.341 e. The zero-order valence-electron chi connectivity index (χ0n) is 14.1. The van der Waals surface area contributed by atoms with Crippen LogP contribution in [0.25, 0.3) is 0 Å². The SMILES string of the molecule is CC(C(=O)N(C)Cc1cc([N+](=O)[O-])ccc1Cl)C(N)c1ccccc1. The molecule has 0 radical (unpaired) electrons. The van der Waals surface area contributed by atoms with Gasteiger partial charge in [-0.15, -0.1) is 0 Å². The number of halogens is 1. The highest BCUT2D eigenvalue weighted by atomic mass is 35.5. The Morgan fingerprint density at radius 2 is 1.92 bits per heavy atom. The zero-order valence-corrected chi connectivity index (χ0v) is 14.8. The first-order valence-corrected chi connectivity index (χ1v) is 8.17. The monoisotopic (exact) mass is 361 g/mol. The van der Waals surface area contributed by atoms with E-state index in [1.807, 2.05) is 30.3 Å². The topological polar surface area (TPSA) is 89.5 Å². The van der Waals surface area contributed by atoms with E-state index in [2.05, 4.69) is 0 Å². The summed E-state index contributed by atoms with van der Waals surface area (Å²) in [4.78, 5) is 24.6. The fourth-order valence-corrected chi connectivity index (χ4v) is 2.77. The molecule has 2 aromatic carbocycles. The van der Waals surface area contributed by atoms with E-state index in [1.165, 1.54) is 23.1 Å². The standard InChI is InChI=1S/C18H20ClN3O3/c1-12(17(20)13-6-4-3-5-7-13)18(23)21(2)11-14-10-15(22(24)25)8-9-16(14)19/h3-10,12,17H,11,20H2,1-2H3. The van der Waals surface area contributed by atoms with Crippen LogP contribution in [0.2, 0.25) is 5.02 Å². The molecule has 0 aliphatic rings. The number of hydrogen-bond donors (Lipinski definition) is 1. The molecule has 0 fully saturated rings. The van der Waals surface area contributed by atoms with Gasteiger partial charge in [-0.05, 0) is 17.2 Å². The molecule has 2 unspecified atom stereocenters. The first-order chi connectivity index (χ1) is 11.8. The molecule has 2 aromatic rings. The molecule has 2 N–H and O–H groups in total. The van der Waals surface area contributed by atoms with Gasteiger partial charge < -0.3 is 10.6 Å². The van der Waals surface area contributed by atoms with Crippen molar-refractivity contribution in [2.75, 3.05) is 7.05 Å². The highest BCUT2D eigenvalue weighted by Gasteiger charge is 2.25. The van der Waals surface area contributed by atoms with Crippen molar-refractivity contribution in [1.29, 1.82) is 0 Å². The summed E-state index contributed by atoms with van der Waals surface area (Å²) in [7, 11) is 1.63. The summed E-state index contributed by atoms with van der Waals surface area (Å²) in [6, 6.07) is 13.1. The van der Waals surface area contributed by atoms with Crippen LogP contribution in [0.1, 0.15) is 24.1 Å². The molecule has 2 atom stereocenters. The highest BCUT2D eigenvalue weighted by Crippen LogP contribution is 2.25. The van der Waals surface area contributed by atoms with Gasteiger partial charge in [0.2, 0.25) is 5.91 Å². The van der Waals surface area contributed by atoms with E-state index in [-0.39, 0.29) is 18.1 Å². The van der Waals surface area contributed by atoms with E-state index in [9.17, 15) is 14.9 Å². The third-order valence-electron chi connectivity index (χ3n) is 4.14. The molecule has 0 aliphatic carbocycles. The molecule has 25 heavy (non-hydrogen) atoms. The van der Waals surface area contributed by atoms with Gasteiger partial charge in [0.1, 0.15) is 0 Å². The van der Waals surface area contributed by atoms with Crippen LogP contribution in [0, 0.1) is 16.0 Å². The minimum Gasteiger partial charge on any atom is -0.341 e. The Morgan fingerprint density at radius 3 is 2.52 bits per heavy atom. The number of nitrogens with zero attached hydrogens (tertiary/aromatic N) is 2. The Morgan fingerprint density at radius 1 is 1.28 bits per heavy atom. The van der Waals surface area contributed by atoms with Crippen molar-refractivity contribution in [3.8, 4) is 0 Å². The number of hydrogen-bond acceptors (Lipinski definition) is 4. The van der Waals surface area contributed by atoms with E-state index in [1.54, 1.807) is 14.0 Å². The Bertz CT molecular complexity index is 767. The van der Waals surface area contributed by atoms with Crippen LogP contribution >= 0.6 is 11.6 Å². The second-order valence-electron chi connectivity index (χ2n) is 5.95. The summed E-state index contributed by atoms with van der Waals surface area (Å²) >= 11 is 6.10. The molecule has 7 heteroatoms. The van der Waals surface area contributed by atoms with Crippen LogP contribution < -0.4 is 5.73 Å². The molecule has 0 heterocycles. The molecule has 2 rings (SSSR count). The van der Waals surface area contributed by atoms with Crippen molar-refractivity contribution in [3.63, 3.8) is 0 Å². The summed E-state index contributed by atoms with van der Waals surface area (Å²) in [5.41, 5.74) is 7.54. The number of nitro groups is 1. The van der Waals surface area contributed by atoms with Gasteiger partial charge in [-0.1, -0.05) is 48.9 Å². The second kappa shape index (κ2) is 8.09. The highest BCUT2D eigenvalue weighted by molar-refractivity contribution is 6.31. The second-order valence-corrected chi connectivity index (χ2v) is 6.36. The van der Waals surface area contributed by atoms with Gasteiger partial charge in [-0.25, -0.2) is 0 Å². The summed E-state index contributed by atoms with van der Waals surface area (Å²) < 4.78 is 0. The lowest BCUT2D eigenvalue weighted by Crippen LogP contribution is -2.36. The smallest absolute Gasteiger partial charge is 0.269 e. The average Bonchev–Trinajstić information content (AvgIpc) is 2.62. The van der Waals surface area contributed by atoms with Crippen molar-refractivity contribution in [3.05, 3.63) is 74.8 Å². The van der Waals surface area contributed by atoms with Crippen molar-refractivity contribution in [1.82, 2.24) is 4.90 Å². The van der Waals surface area contributed by atoms with Crippen LogP contribution in [-0.4, -0.2) is 22.8 Å². The van der Waals surface area contributed by atoms with Crippen molar-refractivity contribution >= 4 is 23.2 Å². The number of non-ortho nitro benzene ring substituents is 1. The third kappa shape index (κ3) is 4.55. The lowest BCUT2D eigenvalue weighted by atomic mass is 9.94. The Balaban J connectivity index is 2.12. The molecule has 0 saturated carbocycles. The van der Waals surface area contributed by atoms with Crippen LogP contribution in [-0.2, 0) is 11.3 Å². The maximum atomic E-state index is 12.7. The molecule has 6 nitrogen and oxygen atoms in total. The molecule has 0 aliphatic heterocycles. The number of carbonyl (C=O) groups is 1. The molecular formula is C18H20ClN3O3. The number of rotatable bonds is 6. The van der Waals surface area contributed by atoms with Gasteiger partial charge in [0.25, 0.3) is 5.69 Å². The van der Waals surface area contributed by atoms with Gasteiger partial charge in [-0.3, -0.25) is 14.9 Å². The molecule has 0 spiro atoms. The van der Waals surface area contributed by atoms with Gasteiger partial charge in [-0.2, -0.15) is 0 Å². The van der Waals surface area contributed by atoms with Crippen molar-refractivity contribution in [2.45, 2.75) is 19.5 Å². The molecule has 132 valence electrons. The number of nitro benzene ring substituents is 1. The third-order valence-corrected chi connectivity index (χ3v) is 4.51. The summed E-state index contributed by atoms with van der Waals surface area (Å²) in [5, 5.41) is 11.3. The van der Waals surface area contributed by atoms with E-state index >= 15 is 0 Å². The minimum atomic E-state index is -0.490. The quantitative estimate of drug-likeness (QED) is 0.629. The van der Waals surface area contributed by atoms with E-state index in [0.29, 0.717) is 10.6 Å². The Hall–Kier alpha value is -2.44. The van der Waals surface area contributed by atoms with E-state index < -0.39 is 16.9 Å². The maximum Gasteiger partial charge on any atom is 0.269 e. The summed E-state index contributed by atoms with van der Waals surface area (Å²) in [6.07, 6.45) is 0. The maximum absolute atomic E-state index is 12.7. The number of nitrogens with two attached hydrogens (primary N) is 1. The zero-order chi connectivity index (χ0) is 18.6. The number of amides is 1. The van der Waals surface area contributed by atoms with Gasteiger partial charge in [0.15, 0.2) is 0 Å². The first-order valence-electron chi connectivity index (χ1n) is 7.79. The first kappa shape index (κ1) is 18.9. The predicted octanol–water partition coefficient (Wildman–Crippen LogP) is 3.54. The van der Waals surface area contributed by atoms with E-state index in [0.717, 1.165) is 5.56 Å². The van der Waals surface area contributed by atoms with Crippen LogP contribution in [0.15, 0.2) is 48.5 Å². The molecule has 0 aromatic heterocycles. The van der Waals surface area contributed by atoms with Gasteiger partial charge in [0.05, 0.1) is 10.8 Å². The molecule has 0 saturated heterocycles. The van der Waals surface area contributed by atoms with E-state index in [4.69, 9.17) is 17.3 Å². The fraction of sp³-hybridized carbons (Fsp3) is 0.278. The van der Waals surface area contributed by atoms with Gasteiger partial charge in [0, 0.05) is 36.8 Å². The Labute approximate surface area is 151 Å². The fourth-order valence-electron chi connectivity index (χ4n) is 2.59. The van der Waals surface area contributed by atoms with Crippen molar-refractivity contribution < 1.29 is 9.72 Å². The normalized spacial score (nSPS) is 13.1. The average molecular weight is 362 g/mol. The summed E-state index contributed by atoms with van der Waals surface area (Å²) in [6.45, 7) is 1.94. The summed E-state index contributed by atoms with van der Waals surface area (Å²) in [5.74, 6) is -0.594. The molecule has 1 amide bonds. The van der Waals surface area contributed by atoms with Crippen LogP contribution in [0.3, 0.4) is 0 Å².